The Morgan fingerprint density at radius 3 is 2.89 bits per heavy atom. The maximum absolute atomic E-state index is 12.5. The number of halogens is 3. The van der Waals surface area contributed by atoms with Crippen LogP contribution < -0.4 is 10.1 Å². The van der Waals surface area contributed by atoms with Crippen LogP contribution in [0.15, 0.2) is 34.1 Å². The standard InChI is InChI=1S/C19H19BrF2N2O3S/c20-14-1-2-15(27-19(21)22)13(9-14)10-23-17(25)3-4-18(26)24-7-5-16-12(11-24)6-8-28-16/h1-2,6,8-9,19H,3-5,7,10-11H2,(H,23,25). The van der Waals surface area contributed by atoms with E-state index in [0.29, 0.717) is 23.1 Å². The van der Waals surface area contributed by atoms with E-state index in [4.69, 9.17) is 0 Å². The van der Waals surface area contributed by atoms with Crippen LogP contribution >= 0.6 is 27.3 Å². The number of nitrogens with zero attached hydrogens (tertiary/aromatic N) is 1. The number of alkyl halides is 2. The van der Waals surface area contributed by atoms with Crippen molar-refractivity contribution in [3.8, 4) is 5.75 Å². The molecule has 0 aliphatic carbocycles. The number of nitrogens with one attached hydrogen (secondary N) is 1. The van der Waals surface area contributed by atoms with Gasteiger partial charge in [0.1, 0.15) is 5.75 Å². The fourth-order valence-corrected chi connectivity index (χ4v) is 4.32. The van der Waals surface area contributed by atoms with Crippen LogP contribution in [0, 0.1) is 0 Å². The minimum Gasteiger partial charge on any atom is -0.434 e. The molecule has 0 spiro atoms. The van der Waals surface area contributed by atoms with Crippen molar-refractivity contribution < 1.29 is 23.1 Å². The number of hydrogen-bond donors (Lipinski definition) is 1. The summed E-state index contributed by atoms with van der Waals surface area (Å²) in [4.78, 5) is 27.6. The lowest BCUT2D eigenvalue weighted by Gasteiger charge is -2.27. The molecule has 3 rings (SSSR count). The lowest BCUT2D eigenvalue weighted by Crippen LogP contribution is -2.36. The highest BCUT2D eigenvalue weighted by Crippen LogP contribution is 2.25. The molecule has 0 fully saturated rings. The van der Waals surface area contributed by atoms with Gasteiger partial charge in [-0.1, -0.05) is 15.9 Å². The zero-order valence-electron chi connectivity index (χ0n) is 14.9. The summed E-state index contributed by atoms with van der Waals surface area (Å²) in [6, 6.07) is 6.63. The zero-order valence-corrected chi connectivity index (χ0v) is 17.3. The monoisotopic (exact) mass is 472 g/mol. The molecule has 1 aliphatic rings. The molecule has 28 heavy (non-hydrogen) atoms. The number of ether oxygens (including phenoxy) is 1. The molecule has 0 saturated carbocycles. The molecule has 1 aliphatic heterocycles. The summed E-state index contributed by atoms with van der Waals surface area (Å²) in [5.41, 5.74) is 1.60. The second-order valence-electron chi connectivity index (χ2n) is 6.34. The summed E-state index contributed by atoms with van der Waals surface area (Å²) in [7, 11) is 0. The minimum atomic E-state index is -2.94. The first kappa shape index (κ1) is 20.7. The van der Waals surface area contributed by atoms with Gasteiger partial charge in [0.05, 0.1) is 0 Å². The smallest absolute Gasteiger partial charge is 0.387 e. The molecule has 2 aromatic rings. The lowest BCUT2D eigenvalue weighted by molar-refractivity contribution is -0.134. The molecular weight excluding hydrogens is 454 g/mol. The van der Waals surface area contributed by atoms with Crippen LogP contribution in [-0.2, 0) is 29.1 Å². The zero-order chi connectivity index (χ0) is 20.1. The summed E-state index contributed by atoms with van der Waals surface area (Å²) in [5, 5.41) is 4.68. The van der Waals surface area contributed by atoms with Crippen LogP contribution in [0.1, 0.15) is 28.8 Å². The van der Waals surface area contributed by atoms with Crippen LogP contribution in [0.2, 0.25) is 0 Å². The van der Waals surface area contributed by atoms with Crippen molar-refractivity contribution in [1.29, 1.82) is 0 Å². The number of amides is 2. The molecule has 0 saturated heterocycles. The van der Waals surface area contributed by atoms with E-state index in [1.165, 1.54) is 16.5 Å². The van der Waals surface area contributed by atoms with E-state index in [2.05, 4.69) is 26.0 Å². The maximum Gasteiger partial charge on any atom is 0.387 e. The molecule has 5 nitrogen and oxygen atoms in total. The Hall–Kier alpha value is -2.00. The Morgan fingerprint density at radius 2 is 2.11 bits per heavy atom. The highest BCUT2D eigenvalue weighted by molar-refractivity contribution is 9.10. The van der Waals surface area contributed by atoms with Crippen molar-refractivity contribution in [3.05, 3.63) is 50.1 Å². The molecule has 1 aromatic heterocycles. The van der Waals surface area contributed by atoms with Crippen LogP contribution in [0.25, 0.3) is 0 Å². The molecule has 1 aromatic carbocycles. The van der Waals surface area contributed by atoms with E-state index >= 15 is 0 Å². The predicted molar refractivity (Wildman–Crippen MR) is 105 cm³/mol. The summed E-state index contributed by atoms with van der Waals surface area (Å²) < 4.78 is 30.1. The maximum atomic E-state index is 12.5. The fraction of sp³-hybridized carbons (Fsp3) is 0.368. The van der Waals surface area contributed by atoms with Gasteiger partial charge in [-0.2, -0.15) is 8.78 Å². The number of hydrogen-bond acceptors (Lipinski definition) is 4. The number of fused-ring (bicyclic) bond motifs is 1. The van der Waals surface area contributed by atoms with Crippen molar-refractivity contribution in [2.24, 2.45) is 0 Å². The summed E-state index contributed by atoms with van der Waals surface area (Å²) in [5.74, 6) is -0.366. The average molecular weight is 473 g/mol. The van der Waals surface area contributed by atoms with Gasteiger partial charge in [-0.3, -0.25) is 9.59 Å². The first-order chi connectivity index (χ1) is 13.4. The molecule has 9 heteroatoms. The van der Waals surface area contributed by atoms with Crippen LogP contribution in [-0.4, -0.2) is 29.9 Å². The third-order valence-electron chi connectivity index (χ3n) is 4.44. The first-order valence-electron chi connectivity index (χ1n) is 8.75. The predicted octanol–water partition coefficient (Wildman–Crippen LogP) is 4.09. The number of carbonyl (C=O) groups excluding carboxylic acids is 2. The molecule has 0 bridgehead atoms. The van der Waals surface area contributed by atoms with Crippen molar-refractivity contribution in [1.82, 2.24) is 10.2 Å². The summed E-state index contributed by atoms with van der Waals surface area (Å²) in [6.45, 7) is -1.65. The quantitative estimate of drug-likeness (QED) is 0.659. The van der Waals surface area contributed by atoms with E-state index < -0.39 is 6.61 Å². The van der Waals surface area contributed by atoms with E-state index in [9.17, 15) is 18.4 Å². The van der Waals surface area contributed by atoms with Gasteiger partial charge in [0.2, 0.25) is 11.8 Å². The van der Waals surface area contributed by atoms with Crippen molar-refractivity contribution in [3.63, 3.8) is 0 Å². The Labute approximate surface area is 173 Å². The number of thiophene rings is 1. The number of rotatable bonds is 7. The Bertz CT molecular complexity index is 859. The van der Waals surface area contributed by atoms with Crippen molar-refractivity contribution in [2.75, 3.05) is 6.54 Å². The molecule has 150 valence electrons. The molecule has 2 heterocycles. The third kappa shape index (κ3) is 5.51. The lowest BCUT2D eigenvalue weighted by atomic mass is 10.1. The topological polar surface area (TPSA) is 58.6 Å². The molecule has 0 radical (unpaired) electrons. The third-order valence-corrected chi connectivity index (χ3v) is 5.96. The second-order valence-corrected chi connectivity index (χ2v) is 8.26. The van der Waals surface area contributed by atoms with E-state index in [1.54, 1.807) is 28.4 Å². The highest BCUT2D eigenvalue weighted by atomic mass is 79.9. The van der Waals surface area contributed by atoms with Crippen molar-refractivity contribution in [2.45, 2.75) is 39.0 Å². The molecule has 1 N–H and O–H groups in total. The summed E-state index contributed by atoms with van der Waals surface area (Å²) >= 11 is 4.97. The first-order valence-corrected chi connectivity index (χ1v) is 10.4. The van der Waals surface area contributed by atoms with Gasteiger partial charge in [-0.15, -0.1) is 11.3 Å². The van der Waals surface area contributed by atoms with E-state index in [1.807, 2.05) is 11.4 Å². The van der Waals surface area contributed by atoms with Gasteiger partial charge in [0.15, 0.2) is 0 Å². The fourth-order valence-electron chi connectivity index (χ4n) is 3.02. The SMILES string of the molecule is O=C(CCC(=O)N1CCc2sccc2C1)NCc1cc(Br)ccc1OC(F)F. The average Bonchev–Trinajstić information content (AvgIpc) is 3.13. The van der Waals surface area contributed by atoms with E-state index in [-0.39, 0.29) is 37.0 Å². The van der Waals surface area contributed by atoms with Crippen LogP contribution in [0.4, 0.5) is 8.78 Å². The van der Waals surface area contributed by atoms with Gasteiger partial charge in [0.25, 0.3) is 0 Å². The number of carbonyl (C=O) groups is 2. The molecule has 0 atom stereocenters. The molecular formula is C19H19BrF2N2O3S. The second kappa shape index (κ2) is 9.47. The van der Waals surface area contributed by atoms with Gasteiger partial charge in [-0.25, -0.2) is 0 Å². The van der Waals surface area contributed by atoms with Gasteiger partial charge < -0.3 is 15.0 Å². The number of benzene rings is 1. The van der Waals surface area contributed by atoms with Gasteiger partial charge >= 0.3 is 6.61 Å². The minimum absolute atomic E-state index is 0.00876. The Kier molecular flexibility index (Phi) is 7.01. The van der Waals surface area contributed by atoms with Gasteiger partial charge in [0, 0.05) is 47.4 Å². The Morgan fingerprint density at radius 1 is 1.29 bits per heavy atom. The molecule has 0 unspecified atom stereocenters. The highest BCUT2D eigenvalue weighted by Gasteiger charge is 2.21. The largest absolute Gasteiger partial charge is 0.434 e. The Balaban J connectivity index is 1.47. The van der Waals surface area contributed by atoms with Gasteiger partial charge in [-0.05, 0) is 41.6 Å². The molecule has 2 amide bonds. The van der Waals surface area contributed by atoms with Crippen LogP contribution in [0.3, 0.4) is 0 Å². The van der Waals surface area contributed by atoms with Crippen molar-refractivity contribution >= 4 is 39.1 Å². The van der Waals surface area contributed by atoms with Crippen LogP contribution in [0.5, 0.6) is 5.75 Å². The van der Waals surface area contributed by atoms with E-state index in [0.717, 1.165) is 6.42 Å². The normalized spacial score (nSPS) is 13.4. The summed E-state index contributed by atoms with van der Waals surface area (Å²) in [6.07, 6.45) is 1.01.